The van der Waals surface area contributed by atoms with E-state index in [-0.39, 0.29) is 24.9 Å². The van der Waals surface area contributed by atoms with Gasteiger partial charge in [0.05, 0.1) is 25.5 Å². The number of hydrogen-bond donors (Lipinski definition) is 1. The minimum atomic E-state index is -2.26. The third kappa shape index (κ3) is 3.98. The molecule has 1 fully saturated rings. The summed E-state index contributed by atoms with van der Waals surface area (Å²) < 4.78 is 34.1. The highest BCUT2D eigenvalue weighted by Crippen LogP contribution is 2.23. The zero-order valence-corrected chi connectivity index (χ0v) is 13.9. The molecule has 1 aliphatic rings. The van der Waals surface area contributed by atoms with Gasteiger partial charge < -0.3 is 19.5 Å². The Hall–Kier alpha value is -1.82. The Bertz CT molecular complexity index is 771. The summed E-state index contributed by atoms with van der Waals surface area (Å²) in [4.78, 5) is 6.43. The first-order valence-corrected chi connectivity index (χ1v) is 8.10. The summed E-state index contributed by atoms with van der Waals surface area (Å²) in [7, 11) is 0. The molecule has 24 heavy (non-hydrogen) atoms. The number of ether oxygens (including phenoxy) is 2. The van der Waals surface area contributed by atoms with Crippen molar-refractivity contribution in [3.05, 3.63) is 52.7 Å². The number of aliphatic hydroxyl groups excluding tert-OH is 1. The van der Waals surface area contributed by atoms with Crippen LogP contribution in [0.1, 0.15) is 15.2 Å². The molecule has 1 saturated heterocycles. The van der Waals surface area contributed by atoms with Crippen LogP contribution < -0.4 is 9.64 Å². The van der Waals surface area contributed by atoms with E-state index in [1.165, 1.54) is 6.07 Å². The van der Waals surface area contributed by atoms with E-state index in [0.29, 0.717) is 36.0 Å². The first kappa shape index (κ1) is 13.5. The number of hydrogen-bond acceptors (Lipinski definition) is 5. The van der Waals surface area contributed by atoms with Gasteiger partial charge in [0.2, 0.25) is 0 Å². The van der Waals surface area contributed by atoms with Crippen molar-refractivity contribution in [1.82, 2.24) is 4.98 Å². The molecule has 0 saturated carbocycles. The highest BCUT2D eigenvalue weighted by molar-refractivity contribution is 6.31. The van der Waals surface area contributed by atoms with Gasteiger partial charge in [-0.3, -0.25) is 0 Å². The first-order valence-electron chi connectivity index (χ1n) is 9.22. The molecule has 0 radical (unpaired) electrons. The Morgan fingerprint density at radius 2 is 2.38 bits per heavy atom. The number of anilines is 1. The number of halogens is 1. The molecule has 0 amide bonds. The summed E-state index contributed by atoms with van der Waals surface area (Å²) in [5.41, 5.74) is 0.630. The Labute approximate surface area is 151 Å². The van der Waals surface area contributed by atoms with Crippen LogP contribution in [0.2, 0.25) is 5.02 Å². The fraction of sp³-hybridized carbons (Fsp3) is 0.389. The SMILES string of the molecule is [2H]C([2H])([2H])c1cccc(Cl)c1COc1ccc(N2CCOC(CO)C2)nc1. The van der Waals surface area contributed by atoms with Crippen LogP contribution in [0.5, 0.6) is 5.75 Å². The molecule has 6 heteroatoms. The highest BCUT2D eigenvalue weighted by Gasteiger charge is 2.20. The molecule has 1 unspecified atom stereocenters. The average molecular weight is 352 g/mol. The maximum absolute atomic E-state index is 9.24. The Kier molecular flexibility index (Phi) is 4.40. The summed E-state index contributed by atoms with van der Waals surface area (Å²) in [6.07, 6.45) is 1.37. The van der Waals surface area contributed by atoms with Gasteiger partial charge >= 0.3 is 0 Å². The molecule has 1 aromatic carbocycles. The lowest BCUT2D eigenvalue weighted by molar-refractivity contribution is 0.00336. The maximum atomic E-state index is 9.24. The van der Waals surface area contributed by atoms with Crippen molar-refractivity contribution in [3.63, 3.8) is 0 Å². The highest BCUT2D eigenvalue weighted by atomic mass is 35.5. The summed E-state index contributed by atoms with van der Waals surface area (Å²) in [5.74, 6) is 1.28. The molecule has 128 valence electrons. The first-order chi connectivity index (χ1) is 12.9. The molecule has 5 nitrogen and oxygen atoms in total. The number of rotatable bonds is 5. The van der Waals surface area contributed by atoms with E-state index in [2.05, 4.69) is 4.98 Å². The summed E-state index contributed by atoms with van der Waals surface area (Å²) in [6, 6.07) is 8.40. The second-order valence-corrected chi connectivity index (χ2v) is 5.94. The topological polar surface area (TPSA) is 54.8 Å². The molecule has 1 aliphatic heterocycles. The monoisotopic (exact) mass is 351 g/mol. The molecule has 0 bridgehead atoms. The van der Waals surface area contributed by atoms with Crippen LogP contribution in [0, 0.1) is 6.85 Å². The van der Waals surface area contributed by atoms with Crippen LogP contribution in [0.25, 0.3) is 0 Å². The molecule has 2 aromatic rings. The molecular formula is C18H21ClN2O3. The van der Waals surface area contributed by atoms with E-state index in [1.54, 1.807) is 24.4 Å². The molecule has 1 N–H and O–H groups in total. The zero-order valence-electron chi connectivity index (χ0n) is 16.1. The minimum Gasteiger partial charge on any atom is -0.487 e. The second-order valence-electron chi connectivity index (χ2n) is 5.53. The largest absolute Gasteiger partial charge is 0.487 e. The number of benzene rings is 1. The second kappa shape index (κ2) is 7.83. The van der Waals surface area contributed by atoms with Crippen molar-refractivity contribution in [3.8, 4) is 5.75 Å². The molecule has 0 aliphatic carbocycles. The summed E-state index contributed by atoms with van der Waals surface area (Å²) >= 11 is 6.17. The number of aliphatic hydroxyl groups is 1. The third-order valence-electron chi connectivity index (χ3n) is 3.89. The lowest BCUT2D eigenvalue weighted by atomic mass is 10.1. The number of aromatic nitrogens is 1. The number of nitrogens with zero attached hydrogens (tertiary/aromatic N) is 2. The van der Waals surface area contributed by atoms with Gasteiger partial charge in [-0.15, -0.1) is 0 Å². The maximum Gasteiger partial charge on any atom is 0.138 e. The van der Waals surface area contributed by atoms with Gasteiger partial charge in [-0.25, -0.2) is 4.98 Å². The predicted octanol–water partition coefficient (Wildman–Crippen LogP) is 2.82. The number of aryl methyl sites for hydroxylation is 1. The van der Waals surface area contributed by atoms with Crippen molar-refractivity contribution in [2.75, 3.05) is 31.2 Å². The molecular weight excluding hydrogens is 328 g/mol. The lowest BCUT2D eigenvalue weighted by Gasteiger charge is -2.32. The van der Waals surface area contributed by atoms with E-state index >= 15 is 0 Å². The summed E-state index contributed by atoms with van der Waals surface area (Å²) in [6.45, 7) is -0.433. The van der Waals surface area contributed by atoms with E-state index < -0.39 is 6.85 Å². The van der Waals surface area contributed by atoms with Gasteiger partial charge in [-0.05, 0) is 30.6 Å². The molecule has 2 heterocycles. The van der Waals surface area contributed by atoms with Gasteiger partial charge in [0.15, 0.2) is 0 Å². The number of morpholine rings is 1. The summed E-state index contributed by atoms with van der Waals surface area (Å²) in [5, 5.41) is 9.60. The smallest absolute Gasteiger partial charge is 0.138 e. The normalized spacial score (nSPS) is 20.2. The van der Waals surface area contributed by atoms with Gasteiger partial charge in [0.1, 0.15) is 18.2 Å². The Morgan fingerprint density at radius 3 is 3.12 bits per heavy atom. The molecule has 1 atom stereocenters. The van der Waals surface area contributed by atoms with Crippen molar-refractivity contribution in [2.45, 2.75) is 19.6 Å². The average Bonchev–Trinajstić information content (AvgIpc) is 2.66. The van der Waals surface area contributed by atoms with Crippen LogP contribution >= 0.6 is 11.6 Å². The fourth-order valence-corrected chi connectivity index (χ4v) is 2.77. The van der Waals surface area contributed by atoms with E-state index in [4.69, 9.17) is 25.2 Å². The van der Waals surface area contributed by atoms with E-state index in [0.717, 1.165) is 5.82 Å². The number of pyridine rings is 1. The van der Waals surface area contributed by atoms with Crippen molar-refractivity contribution >= 4 is 17.4 Å². The van der Waals surface area contributed by atoms with Crippen LogP contribution in [0.3, 0.4) is 0 Å². The third-order valence-corrected chi connectivity index (χ3v) is 4.24. The minimum absolute atomic E-state index is 0.0264. The molecule has 0 spiro atoms. The molecule has 3 rings (SSSR count). The quantitative estimate of drug-likeness (QED) is 0.897. The zero-order chi connectivity index (χ0) is 19.4. The van der Waals surface area contributed by atoms with Gasteiger partial charge in [-0.2, -0.15) is 0 Å². The Balaban J connectivity index is 1.68. The molecule has 1 aromatic heterocycles. The lowest BCUT2D eigenvalue weighted by Crippen LogP contribution is -2.44. The van der Waals surface area contributed by atoms with Crippen LogP contribution in [0.15, 0.2) is 36.5 Å². The van der Waals surface area contributed by atoms with Crippen LogP contribution in [0.4, 0.5) is 5.82 Å². The fourth-order valence-electron chi connectivity index (χ4n) is 2.54. The predicted molar refractivity (Wildman–Crippen MR) is 93.8 cm³/mol. The Morgan fingerprint density at radius 1 is 1.46 bits per heavy atom. The van der Waals surface area contributed by atoms with Gasteiger partial charge in [-0.1, -0.05) is 23.7 Å². The van der Waals surface area contributed by atoms with E-state index in [1.807, 2.05) is 11.0 Å². The van der Waals surface area contributed by atoms with Gasteiger partial charge in [0, 0.05) is 27.8 Å². The van der Waals surface area contributed by atoms with Crippen molar-refractivity contribution in [2.24, 2.45) is 0 Å². The van der Waals surface area contributed by atoms with Gasteiger partial charge in [0.25, 0.3) is 0 Å². The van der Waals surface area contributed by atoms with Crippen LogP contribution in [-0.4, -0.2) is 42.5 Å². The van der Waals surface area contributed by atoms with Crippen molar-refractivity contribution < 1.29 is 18.7 Å². The van der Waals surface area contributed by atoms with Crippen LogP contribution in [-0.2, 0) is 11.3 Å². The standard InChI is InChI=1S/C18H21ClN2O3/c1-13-3-2-4-17(19)16(13)12-24-14-5-6-18(20-9-14)21-7-8-23-15(10-21)11-22/h2-6,9,15,22H,7-8,10-12H2,1H3/i1D3. The van der Waals surface area contributed by atoms with Crippen molar-refractivity contribution in [1.29, 1.82) is 0 Å². The van der Waals surface area contributed by atoms with E-state index in [9.17, 15) is 5.11 Å².